The smallest absolute Gasteiger partial charge is 0.259 e. The van der Waals surface area contributed by atoms with Crippen LogP contribution < -0.4 is 22.4 Å². The van der Waals surface area contributed by atoms with Crippen LogP contribution in [0.3, 0.4) is 0 Å². The Morgan fingerprint density at radius 3 is 2.30 bits per heavy atom. The highest BCUT2D eigenvalue weighted by molar-refractivity contribution is 5.35. The first kappa shape index (κ1) is 6.62. The van der Waals surface area contributed by atoms with E-state index in [2.05, 4.69) is 20.9 Å². The van der Waals surface area contributed by atoms with Crippen LogP contribution in [0.5, 0.6) is 0 Å². The van der Waals surface area contributed by atoms with Gasteiger partial charge >= 0.3 is 0 Å². The second-order valence-electron chi connectivity index (χ2n) is 1.61. The molecule has 0 atom stereocenters. The van der Waals surface area contributed by atoms with E-state index in [1.165, 1.54) is 4.68 Å². The molecule has 10 heavy (non-hydrogen) atoms. The van der Waals surface area contributed by atoms with Gasteiger partial charge in [-0.05, 0) is 0 Å². The van der Waals surface area contributed by atoms with Crippen LogP contribution >= 0.6 is 0 Å². The maximum absolute atomic E-state index is 5.41. The standard InChI is InChI=1S/C3H9N7/c1-6-2-8-9-3(7-4)10(2)5/h4-5H2,1H3,(H,6,8)(H,7,9). The second-order valence-corrected chi connectivity index (χ2v) is 1.61. The van der Waals surface area contributed by atoms with E-state index in [1.54, 1.807) is 7.05 Å². The lowest BCUT2D eigenvalue weighted by atomic mass is 10.9. The zero-order chi connectivity index (χ0) is 7.56. The van der Waals surface area contributed by atoms with E-state index in [-0.39, 0.29) is 0 Å². The lowest BCUT2D eigenvalue weighted by molar-refractivity contribution is 0.989. The minimum Gasteiger partial charge on any atom is -0.356 e. The molecular weight excluding hydrogens is 134 g/mol. The van der Waals surface area contributed by atoms with E-state index in [4.69, 9.17) is 11.7 Å². The van der Waals surface area contributed by atoms with Crippen LogP contribution in [0, 0.1) is 0 Å². The number of hydrogen-bond acceptors (Lipinski definition) is 6. The van der Waals surface area contributed by atoms with Crippen molar-refractivity contribution in [1.82, 2.24) is 14.9 Å². The predicted molar refractivity (Wildman–Crippen MR) is 37.5 cm³/mol. The Labute approximate surface area is 57.3 Å². The fourth-order valence-corrected chi connectivity index (χ4v) is 0.560. The van der Waals surface area contributed by atoms with Gasteiger partial charge < -0.3 is 11.2 Å². The van der Waals surface area contributed by atoms with Crippen LogP contribution in [0.1, 0.15) is 0 Å². The lowest BCUT2D eigenvalue weighted by Crippen LogP contribution is -2.19. The van der Waals surface area contributed by atoms with E-state index in [0.717, 1.165) is 0 Å². The summed E-state index contributed by atoms with van der Waals surface area (Å²) in [6.07, 6.45) is 0. The van der Waals surface area contributed by atoms with E-state index in [1.807, 2.05) is 0 Å². The molecule has 0 spiro atoms. The van der Waals surface area contributed by atoms with Gasteiger partial charge in [-0.2, -0.15) is 4.68 Å². The van der Waals surface area contributed by atoms with Gasteiger partial charge in [-0.25, -0.2) is 5.84 Å². The minimum atomic E-state index is 0.310. The normalized spacial score (nSPS) is 9.40. The molecule has 7 nitrogen and oxygen atoms in total. The fraction of sp³-hybridized carbons (Fsp3) is 0.333. The Morgan fingerprint density at radius 1 is 1.40 bits per heavy atom. The van der Waals surface area contributed by atoms with Gasteiger partial charge in [-0.1, -0.05) is 0 Å². The van der Waals surface area contributed by atoms with Crippen molar-refractivity contribution in [2.24, 2.45) is 5.84 Å². The van der Waals surface area contributed by atoms with Crippen LogP contribution in [0.2, 0.25) is 0 Å². The van der Waals surface area contributed by atoms with Crippen molar-refractivity contribution in [2.45, 2.75) is 0 Å². The highest BCUT2D eigenvalue weighted by Gasteiger charge is 2.03. The average molecular weight is 143 g/mol. The minimum absolute atomic E-state index is 0.310. The lowest BCUT2D eigenvalue weighted by Gasteiger charge is -1.99. The second kappa shape index (κ2) is 2.40. The van der Waals surface area contributed by atoms with Gasteiger partial charge in [0, 0.05) is 7.05 Å². The fourth-order valence-electron chi connectivity index (χ4n) is 0.560. The van der Waals surface area contributed by atoms with Crippen LogP contribution in [0.15, 0.2) is 0 Å². The van der Waals surface area contributed by atoms with E-state index >= 15 is 0 Å². The molecular formula is C3H9N7. The van der Waals surface area contributed by atoms with E-state index in [9.17, 15) is 0 Å². The molecule has 0 saturated carbocycles. The van der Waals surface area contributed by atoms with E-state index < -0.39 is 0 Å². The first-order chi connectivity index (χ1) is 4.79. The summed E-state index contributed by atoms with van der Waals surface area (Å²) in [6, 6.07) is 0. The van der Waals surface area contributed by atoms with Crippen molar-refractivity contribution in [2.75, 3.05) is 23.6 Å². The summed E-state index contributed by atoms with van der Waals surface area (Å²) >= 11 is 0. The van der Waals surface area contributed by atoms with Crippen molar-refractivity contribution >= 4 is 11.9 Å². The van der Waals surface area contributed by atoms with Gasteiger partial charge in [0.15, 0.2) is 0 Å². The van der Waals surface area contributed by atoms with Crippen molar-refractivity contribution in [3.05, 3.63) is 0 Å². The summed E-state index contributed by atoms with van der Waals surface area (Å²) in [4.78, 5) is 0. The molecule has 7 heteroatoms. The Morgan fingerprint density at radius 2 is 2.00 bits per heavy atom. The number of rotatable bonds is 2. The predicted octanol–water partition coefficient (Wildman–Crippen LogP) is -1.68. The first-order valence-electron chi connectivity index (χ1n) is 2.64. The molecule has 0 saturated heterocycles. The van der Waals surface area contributed by atoms with Gasteiger partial charge in [0.05, 0.1) is 0 Å². The zero-order valence-corrected chi connectivity index (χ0v) is 5.50. The quantitative estimate of drug-likeness (QED) is 0.291. The number of aromatic nitrogens is 3. The SMILES string of the molecule is CNc1nnc(NN)n1N. The first-order valence-corrected chi connectivity index (χ1v) is 2.64. The third-order valence-electron chi connectivity index (χ3n) is 1.05. The van der Waals surface area contributed by atoms with Gasteiger partial charge in [0.25, 0.3) is 5.95 Å². The van der Waals surface area contributed by atoms with Crippen molar-refractivity contribution < 1.29 is 0 Å². The zero-order valence-electron chi connectivity index (χ0n) is 5.50. The summed E-state index contributed by atoms with van der Waals surface area (Å²) in [5.74, 6) is 11.2. The van der Waals surface area contributed by atoms with Crippen molar-refractivity contribution in [3.8, 4) is 0 Å². The molecule has 0 aromatic carbocycles. The van der Waals surface area contributed by atoms with Crippen molar-refractivity contribution in [1.29, 1.82) is 0 Å². The van der Waals surface area contributed by atoms with Crippen LogP contribution in [0.4, 0.5) is 11.9 Å². The number of anilines is 2. The maximum atomic E-state index is 5.41. The molecule has 1 aromatic rings. The third-order valence-corrected chi connectivity index (χ3v) is 1.05. The topological polar surface area (TPSA) is 107 Å². The van der Waals surface area contributed by atoms with Crippen LogP contribution in [0.25, 0.3) is 0 Å². The molecule has 0 aliphatic rings. The number of hydrogen-bond donors (Lipinski definition) is 4. The molecule has 0 radical (unpaired) electrons. The summed E-state index contributed by atoms with van der Waals surface area (Å²) in [5, 5.41) is 9.95. The van der Waals surface area contributed by atoms with Crippen molar-refractivity contribution in [3.63, 3.8) is 0 Å². The Hall–Kier alpha value is -1.50. The Kier molecular flexibility index (Phi) is 1.59. The molecule has 1 rings (SSSR count). The molecule has 0 aliphatic heterocycles. The molecule has 1 heterocycles. The molecule has 0 bridgehead atoms. The number of hydrazine groups is 1. The summed E-state index contributed by atoms with van der Waals surface area (Å²) in [7, 11) is 1.69. The van der Waals surface area contributed by atoms with Gasteiger partial charge in [0.2, 0.25) is 5.95 Å². The molecule has 0 unspecified atom stereocenters. The van der Waals surface area contributed by atoms with Crippen LogP contribution in [-0.2, 0) is 0 Å². The Bertz CT molecular complexity index is 193. The van der Waals surface area contributed by atoms with Gasteiger partial charge in [-0.3, -0.25) is 5.43 Å². The van der Waals surface area contributed by atoms with E-state index in [0.29, 0.717) is 11.9 Å². The number of nitrogens with two attached hydrogens (primary N) is 2. The highest BCUT2D eigenvalue weighted by Crippen LogP contribution is 2.03. The van der Waals surface area contributed by atoms with Crippen LogP contribution in [-0.4, -0.2) is 21.9 Å². The monoisotopic (exact) mass is 143 g/mol. The van der Waals surface area contributed by atoms with Gasteiger partial charge in [-0.15, -0.1) is 10.2 Å². The molecule has 0 aliphatic carbocycles. The number of nitrogens with zero attached hydrogens (tertiary/aromatic N) is 3. The summed E-state index contributed by atoms with van der Waals surface area (Å²) in [6.45, 7) is 0. The highest BCUT2D eigenvalue weighted by atomic mass is 15.5. The molecule has 1 aromatic heterocycles. The maximum Gasteiger partial charge on any atom is 0.259 e. The molecule has 0 amide bonds. The Balaban J connectivity index is 2.97. The number of nitrogen functional groups attached to an aromatic ring is 2. The molecule has 6 N–H and O–H groups in total. The summed E-state index contributed by atoms with van der Waals surface area (Å²) < 4.78 is 1.21. The molecule has 56 valence electrons. The molecule has 0 fully saturated rings. The third kappa shape index (κ3) is 0.818. The van der Waals surface area contributed by atoms with Gasteiger partial charge in [0.1, 0.15) is 0 Å². The average Bonchev–Trinajstić information content (AvgIpc) is 2.30. The number of nitrogens with one attached hydrogen (secondary N) is 2. The largest absolute Gasteiger partial charge is 0.356 e. The summed E-state index contributed by atoms with van der Waals surface area (Å²) in [5.41, 5.74) is 2.27.